The molecule has 2 saturated carbocycles. The SMILES string of the molecule is O=C1CCc2c(Oc3ccc4c(c3)C3C(NC(=O)NC5CCCCC5)C3O4)ccnc2N1. The molecule has 0 radical (unpaired) electrons. The van der Waals surface area contributed by atoms with Crippen LogP contribution in [0.5, 0.6) is 17.2 Å². The number of aromatic nitrogens is 1. The van der Waals surface area contributed by atoms with E-state index in [9.17, 15) is 9.59 Å². The van der Waals surface area contributed by atoms with E-state index < -0.39 is 0 Å². The third-order valence-corrected chi connectivity index (χ3v) is 6.90. The van der Waals surface area contributed by atoms with Gasteiger partial charge in [0.05, 0.1) is 12.0 Å². The fraction of sp³-hybridized carbons (Fsp3) is 0.458. The lowest BCUT2D eigenvalue weighted by atomic mass is 9.96. The van der Waals surface area contributed by atoms with E-state index in [-0.39, 0.29) is 36.0 Å². The Hall–Kier alpha value is -3.29. The molecule has 166 valence electrons. The summed E-state index contributed by atoms with van der Waals surface area (Å²) in [5.74, 6) is 2.94. The molecule has 1 aromatic heterocycles. The van der Waals surface area contributed by atoms with Crippen LogP contribution in [0.4, 0.5) is 10.6 Å². The highest BCUT2D eigenvalue weighted by Crippen LogP contribution is 2.54. The van der Waals surface area contributed by atoms with Crippen molar-refractivity contribution in [2.75, 3.05) is 5.32 Å². The minimum atomic E-state index is -0.0979. The molecular weight excluding hydrogens is 408 g/mol. The predicted octanol–water partition coefficient (Wildman–Crippen LogP) is 3.62. The first-order chi connectivity index (χ1) is 15.7. The van der Waals surface area contributed by atoms with Gasteiger partial charge in [0.15, 0.2) is 0 Å². The van der Waals surface area contributed by atoms with E-state index in [0.29, 0.717) is 30.2 Å². The third kappa shape index (κ3) is 3.53. The number of pyridine rings is 1. The van der Waals surface area contributed by atoms with Crippen molar-refractivity contribution in [1.29, 1.82) is 0 Å². The van der Waals surface area contributed by atoms with Crippen molar-refractivity contribution in [2.24, 2.45) is 0 Å². The van der Waals surface area contributed by atoms with Crippen LogP contribution >= 0.6 is 0 Å². The van der Waals surface area contributed by atoms with E-state index in [1.54, 1.807) is 6.20 Å². The molecular formula is C24H26N4O4. The van der Waals surface area contributed by atoms with Crippen LogP contribution in [-0.4, -0.2) is 35.1 Å². The van der Waals surface area contributed by atoms with E-state index in [0.717, 1.165) is 29.7 Å². The Bertz CT molecular complexity index is 1080. The molecule has 1 aromatic carbocycles. The van der Waals surface area contributed by atoms with Crippen LogP contribution < -0.4 is 25.4 Å². The number of nitrogens with zero attached hydrogens (tertiary/aromatic N) is 1. The normalized spacial score (nSPS) is 25.5. The number of benzene rings is 1. The summed E-state index contributed by atoms with van der Waals surface area (Å²) >= 11 is 0. The summed E-state index contributed by atoms with van der Waals surface area (Å²) in [6.07, 6.45) is 8.41. The lowest BCUT2D eigenvalue weighted by molar-refractivity contribution is -0.116. The number of amides is 3. The average Bonchev–Trinajstić information content (AvgIpc) is 3.30. The summed E-state index contributed by atoms with van der Waals surface area (Å²) in [5, 5.41) is 9.01. The fourth-order valence-electron chi connectivity index (χ4n) is 5.18. The first-order valence-electron chi connectivity index (χ1n) is 11.5. The Kier molecular flexibility index (Phi) is 4.66. The molecule has 3 unspecified atom stereocenters. The van der Waals surface area contributed by atoms with E-state index >= 15 is 0 Å². The van der Waals surface area contributed by atoms with Crippen LogP contribution in [-0.2, 0) is 11.2 Å². The molecule has 2 aliphatic heterocycles. The van der Waals surface area contributed by atoms with Gasteiger partial charge in [-0.15, -0.1) is 0 Å². The van der Waals surface area contributed by atoms with Crippen molar-refractivity contribution in [2.45, 2.75) is 69.1 Å². The van der Waals surface area contributed by atoms with Crippen LogP contribution in [0.1, 0.15) is 55.6 Å². The maximum Gasteiger partial charge on any atom is 0.315 e. The van der Waals surface area contributed by atoms with Gasteiger partial charge in [-0.25, -0.2) is 9.78 Å². The quantitative estimate of drug-likeness (QED) is 0.682. The number of rotatable bonds is 4. The van der Waals surface area contributed by atoms with Crippen molar-refractivity contribution in [3.05, 3.63) is 41.6 Å². The maximum atomic E-state index is 12.4. The van der Waals surface area contributed by atoms with Crippen molar-refractivity contribution in [1.82, 2.24) is 15.6 Å². The molecule has 3 N–H and O–H groups in total. The van der Waals surface area contributed by atoms with Gasteiger partial charge in [0.25, 0.3) is 0 Å². The van der Waals surface area contributed by atoms with Gasteiger partial charge in [-0.05, 0) is 43.5 Å². The number of hydrogen-bond donors (Lipinski definition) is 3. The molecule has 8 nitrogen and oxygen atoms in total. The van der Waals surface area contributed by atoms with Gasteiger partial charge in [0, 0.05) is 29.8 Å². The van der Waals surface area contributed by atoms with E-state index in [1.807, 2.05) is 24.3 Å². The lowest BCUT2D eigenvalue weighted by Crippen LogP contribution is -2.44. The highest BCUT2D eigenvalue weighted by molar-refractivity contribution is 5.93. The van der Waals surface area contributed by atoms with Crippen LogP contribution in [0.3, 0.4) is 0 Å². The summed E-state index contributed by atoms with van der Waals surface area (Å²) in [5.41, 5.74) is 1.97. The minimum Gasteiger partial charge on any atom is -0.487 e. The zero-order chi connectivity index (χ0) is 21.7. The van der Waals surface area contributed by atoms with E-state index in [2.05, 4.69) is 20.9 Å². The summed E-state index contributed by atoms with van der Waals surface area (Å²) in [6, 6.07) is 7.80. The predicted molar refractivity (Wildman–Crippen MR) is 117 cm³/mol. The minimum absolute atomic E-state index is 0.00904. The molecule has 4 aliphatic rings. The molecule has 2 aliphatic carbocycles. The summed E-state index contributed by atoms with van der Waals surface area (Å²) in [4.78, 5) is 28.3. The molecule has 0 bridgehead atoms. The summed E-state index contributed by atoms with van der Waals surface area (Å²) in [6.45, 7) is 0. The Balaban J connectivity index is 1.13. The van der Waals surface area contributed by atoms with E-state index in [1.165, 1.54) is 19.3 Å². The number of anilines is 1. The maximum absolute atomic E-state index is 12.4. The molecule has 3 heterocycles. The molecule has 8 heteroatoms. The Labute approximate surface area is 186 Å². The third-order valence-electron chi connectivity index (χ3n) is 6.90. The lowest BCUT2D eigenvalue weighted by Gasteiger charge is -2.23. The molecule has 0 saturated heterocycles. The molecule has 3 amide bonds. The Morgan fingerprint density at radius 3 is 2.88 bits per heavy atom. The monoisotopic (exact) mass is 434 g/mol. The van der Waals surface area contributed by atoms with E-state index in [4.69, 9.17) is 9.47 Å². The fourth-order valence-corrected chi connectivity index (χ4v) is 5.18. The van der Waals surface area contributed by atoms with Crippen LogP contribution in [0.2, 0.25) is 0 Å². The number of hydrogen-bond acceptors (Lipinski definition) is 5. The van der Waals surface area contributed by atoms with Crippen molar-refractivity contribution in [3.63, 3.8) is 0 Å². The number of carbonyl (C=O) groups is 2. The molecule has 32 heavy (non-hydrogen) atoms. The van der Waals surface area contributed by atoms with Gasteiger partial charge in [-0.1, -0.05) is 19.3 Å². The van der Waals surface area contributed by atoms with Crippen molar-refractivity contribution < 1.29 is 19.1 Å². The first-order valence-corrected chi connectivity index (χ1v) is 11.5. The topological polar surface area (TPSA) is 102 Å². The van der Waals surface area contributed by atoms with Crippen LogP contribution in [0, 0.1) is 0 Å². The average molecular weight is 434 g/mol. The highest BCUT2D eigenvalue weighted by Gasteiger charge is 2.59. The second kappa shape index (κ2) is 7.69. The second-order valence-corrected chi connectivity index (χ2v) is 9.07. The molecule has 2 fully saturated rings. The zero-order valence-electron chi connectivity index (χ0n) is 17.7. The molecule has 3 atom stereocenters. The van der Waals surface area contributed by atoms with Crippen molar-refractivity contribution in [3.8, 4) is 17.2 Å². The van der Waals surface area contributed by atoms with Crippen molar-refractivity contribution >= 4 is 17.8 Å². The standard InChI is InChI=1S/C24H26N4O4/c29-19-9-7-15-18(10-11-25-23(15)27-19)31-14-6-8-17-16(12-14)20-21(22(20)32-17)28-24(30)26-13-4-2-1-3-5-13/h6,8,10-13,20-22H,1-5,7,9H2,(H,25,27,29)(H2,26,28,30). The first kappa shape index (κ1) is 19.4. The smallest absolute Gasteiger partial charge is 0.315 e. The number of urea groups is 1. The van der Waals surface area contributed by atoms with Gasteiger partial charge in [0.1, 0.15) is 29.2 Å². The molecule has 2 aromatic rings. The zero-order valence-corrected chi connectivity index (χ0v) is 17.7. The Morgan fingerprint density at radius 1 is 1.12 bits per heavy atom. The van der Waals surface area contributed by atoms with Crippen LogP contribution in [0.25, 0.3) is 0 Å². The van der Waals surface area contributed by atoms with Crippen LogP contribution in [0.15, 0.2) is 30.5 Å². The van der Waals surface area contributed by atoms with Gasteiger partial charge in [-0.3, -0.25) is 4.79 Å². The second-order valence-electron chi connectivity index (χ2n) is 9.07. The largest absolute Gasteiger partial charge is 0.487 e. The summed E-state index contributed by atoms with van der Waals surface area (Å²) in [7, 11) is 0. The van der Waals surface area contributed by atoms with Gasteiger partial charge >= 0.3 is 6.03 Å². The number of nitrogens with one attached hydrogen (secondary N) is 3. The molecule has 6 rings (SSSR count). The summed E-state index contributed by atoms with van der Waals surface area (Å²) < 4.78 is 12.2. The van der Waals surface area contributed by atoms with Gasteiger partial charge < -0.3 is 25.4 Å². The number of carbonyl (C=O) groups excluding carboxylic acids is 2. The van der Waals surface area contributed by atoms with Gasteiger partial charge in [-0.2, -0.15) is 0 Å². The Morgan fingerprint density at radius 2 is 2.00 bits per heavy atom. The van der Waals surface area contributed by atoms with Gasteiger partial charge in [0.2, 0.25) is 5.91 Å². The number of fused-ring (bicyclic) bond motifs is 4. The highest BCUT2D eigenvalue weighted by atomic mass is 16.5. The number of ether oxygens (including phenoxy) is 2. The molecule has 0 spiro atoms.